The normalized spacial score (nSPS) is 10.3. The van der Waals surface area contributed by atoms with Crippen LogP contribution in [-0.2, 0) is 0 Å². The number of hydrogen-bond donors (Lipinski definition) is 1. The number of nitrogens with zero attached hydrogens (tertiary/aromatic N) is 1. The van der Waals surface area contributed by atoms with Crippen LogP contribution in [0.4, 0.5) is 14.5 Å². The van der Waals surface area contributed by atoms with Crippen LogP contribution in [0.15, 0.2) is 36.4 Å². The van der Waals surface area contributed by atoms with Gasteiger partial charge in [0.25, 0.3) is 5.69 Å². The van der Waals surface area contributed by atoms with Crippen LogP contribution in [0.2, 0.25) is 0 Å². The van der Waals surface area contributed by atoms with Gasteiger partial charge in [-0.15, -0.1) is 0 Å². The molecular weight excluding hydrogens is 272 g/mol. The van der Waals surface area contributed by atoms with Crippen molar-refractivity contribution in [2.24, 2.45) is 0 Å². The Morgan fingerprint density at radius 1 is 1.00 bits per heavy atom. The van der Waals surface area contributed by atoms with Crippen LogP contribution >= 0.6 is 0 Å². The first kappa shape index (κ1) is 13.6. The van der Waals surface area contributed by atoms with E-state index in [2.05, 4.69) is 0 Å². The molecule has 0 amide bonds. The molecule has 20 heavy (non-hydrogen) atoms. The molecule has 1 N–H and O–H groups in total. The van der Waals surface area contributed by atoms with Crippen molar-refractivity contribution < 1.29 is 23.6 Å². The lowest BCUT2D eigenvalue weighted by Gasteiger charge is -2.04. The number of nitro groups is 1. The van der Waals surface area contributed by atoms with Crippen molar-refractivity contribution in [3.05, 3.63) is 63.7 Å². The molecule has 0 radical (unpaired) electrons. The fraction of sp³-hybridized carbons (Fsp3) is 0. The van der Waals surface area contributed by atoms with Crippen molar-refractivity contribution in [1.82, 2.24) is 0 Å². The van der Waals surface area contributed by atoms with E-state index >= 15 is 0 Å². The number of carboxylic acids is 1. The zero-order valence-corrected chi connectivity index (χ0v) is 9.84. The van der Waals surface area contributed by atoms with Crippen molar-refractivity contribution in [2.75, 3.05) is 0 Å². The Kier molecular flexibility index (Phi) is 3.43. The summed E-state index contributed by atoms with van der Waals surface area (Å²) in [4.78, 5) is 20.9. The van der Waals surface area contributed by atoms with Crippen LogP contribution < -0.4 is 0 Å². The number of halogens is 2. The summed E-state index contributed by atoms with van der Waals surface area (Å²) in [5, 5.41) is 19.7. The van der Waals surface area contributed by atoms with Crippen LogP contribution in [-0.4, -0.2) is 16.0 Å². The average molecular weight is 279 g/mol. The first-order chi connectivity index (χ1) is 9.36. The minimum absolute atomic E-state index is 0.0219. The van der Waals surface area contributed by atoms with Crippen LogP contribution in [0.1, 0.15) is 10.4 Å². The largest absolute Gasteiger partial charge is 0.478 e. The maximum Gasteiger partial charge on any atom is 0.335 e. The molecule has 0 bridgehead atoms. The Labute approximate surface area is 111 Å². The zero-order chi connectivity index (χ0) is 14.9. The standard InChI is InChI=1S/C13H7F2NO4/c14-10-2-8(3-11(15)6-10)7-1-9(13(17)18)5-12(4-7)16(19)20/h1-6H,(H,17,18). The molecule has 0 fully saturated rings. The Morgan fingerprint density at radius 3 is 2.05 bits per heavy atom. The lowest BCUT2D eigenvalue weighted by atomic mass is 10.0. The molecule has 7 heteroatoms. The molecule has 0 aliphatic rings. The molecule has 2 aromatic carbocycles. The van der Waals surface area contributed by atoms with Gasteiger partial charge in [0, 0.05) is 18.2 Å². The van der Waals surface area contributed by atoms with Crippen LogP contribution in [0.5, 0.6) is 0 Å². The summed E-state index contributed by atoms with van der Waals surface area (Å²) in [6.07, 6.45) is 0. The molecule has 2 rings (SSSR count). The van der Waals surface area contributed by atoms with Gasteiger partial charge in [-0.2, -0.15) is 0 Å². The molecule has 0 aliphatic carbocycles. The average Bonchev–Trinajstić information content (AvgIpc) is 2.36. The predicted octanol–water partition coefficient (Wildman–Crippen LogP) is 3.24. The van der Waals surface area contributed by atoms with Gasteiger partial charge < -0.3 is 5.11 Å². The second-order valence-electron chi connectivity index (χ2n) is 3.99. The molecule has 0 aromatic heterocycles. The number of nitro benzene ring substituents is 1. The fourth-order valence-corrected chi connectivity index (χ4v) is 1.73. The third-order valence-electron chi connectivity index (χ3n) is 2.57. The van der Waals surface area contributed by atoms with E-state index in [0.29, 0.717) is 6.07 Å². The molecular formula is C13H7F2NO4. The summed E-state index contributed by atoms with van der Waals surface area (Å²) in [5.41, 5.74) is -0.730. The van der Waals surface area contributed by atoms with E-state index in [4.69, 9.17) is 5.11 Å². The van der Waals surface area contributed by atoms with Crippen molar-refractivity contribution in [2.45, 2.75) is 0 Å². The SMILES string of the molecule is O=C(O)c1cc(-c2cc(F)cc(F)c2)cc([N+](=O)[O-])c1. The second-order valence-corrected chi connectivity index (χ2v) is 3.99. The summed E-state index contributed by atoms with van der Waals surface area (Å²) in [7, 11) is 0. The third-order valence-corrected chi connectivity index (χ3v) is 2.57. The van der Waals surface area contributed by atoms with Crippen molar-refractivity contribution in [3.63, 3.8) is 0 Å². The van der Waals surface area contributed by atoms with Crippen LogP contribution in [0, 0.1) is 21.7 Å². The minimum Gasteiger partial charge on any atom is -0.478 e. The summed E-state index contributed by atoms with van der Waals surface area (Å²) < 4.78 is 26.3. The topological polar surface area (TPSA) is 80.4 Å². The first-order valence-electron chi connectivity index (χ1n) is 5.36. The Balaban J connectivity index is 2.66. The molecule has 0 atom stereocenters. The Bertz CT molecular complexity index is 663. The molecule has 0 heterocycles. The first-order valence-corrected chi connectivity index (χ1v) is 5.36. The lowest BCUT2D eigenvalue weighted by molar-refractivity contribution is -0.384. The number of carboxylic acid groups (broad SMARTS) is 1. The molecule has 2 aromatic rings. The molecule has 0 aliphatic heterocycles. The molecule has 5 nitrogen and oxygen atoms in total. The monoisotopic (exact) mass is 279 g/mol. The maximum atomic E-state index is 13.1. The molecule has 0 unspecified atom stereocenters. The highest BCUT2D eigenvalue weighted by atomic mass is 19.1. The van der Waals surface area contributed by atoms with Gasteiger partial charge in [-0.25, -0.2) is 13.6 Å². The molecule has 0 saturated carbocycles. The van der Waals surface area contributed by atoms with E-state index in [1.54, 1.807) is 0 Å². The summed E-state index contributed by atoms with van der Waals surface area (Å²) >= 11 is 0. The highest BCUT2D eigenvalue weighted by molar-refractivity contribution is 5.90. The summed E-state index contributed by atoms with van der Waals surface area (Å²) in [6.45, 7) is 0. The van der Waals surface area contributed by atoms with Gasteiger partial charge in [0.05, 0.1) is 10.5 Å². The number of carbonyl (C=O) groups is 1. The van der Waals surface area contributed by atoms with E-state index in [1.807, 2.05) is 0 Å². The van der Waals surface area contributed by atoms with Gasteiger partial charge in [-0.1, -0.05) is 0 Å². The maximum absolute atomic E-state index is 13.1. The highest BCUT2D eigenvalue weighted by Crippen LogP contribution is 2.27. The van der Waals surface area contributed by atoms with Crippen LogP contribution in [0.25, 0.3) is 11.1 Å². The molecule has 102 valence electrons. The van der Waals surface area contributed by atoms with Gasteiger partial charge in [-0.3, -0.25) is 10.1 Å². The highest BCUT2D eigenvalue weighted by Gasteiger charge is 2.15. The van der Waals surface area contributed by atoms with E-state index in [-0.39, 0.29) is 16.7 Å². The summed E-state index contributed by atoms with van der Waals surface area (Å²) in [5.74, 6) is -3.08. The van der Waals surface area contributed by atoms with E-state index in [9.17, 15) is 23.7 Å². The van der Waals surface area contributed by atoms with Gasteiger partial charge in [0.1, 0.15) is 11.6 Å². The second kappa shape index (κ2) is 5.04. The smallest absolute Gasteiger partial charge is 0.335 e. The Morgan fingerprint density at radius 2 is 1.55 bits per heavy atom. The summed E-state index contributed by atoms with van der Waals surface area (Å²) in [6, 6.07) is 5.63. The fourth-order valence-electron chi connectivity index (χ4n) is 1.73. The van der Waals surface area contributed by atoms with Crippen molar-refractivity contribution in [1.29, 1.82) is 0 Å². The van der Waals surface area contributed by atoms with E-state index in [0.717, 1.165) is 30.3 Å². The zero-order valence-electron chi connectivity index (χ0n) is 9.84. The number of non-ortho nitro benzene ring substituents is 1. The molecule has 0 saturated heterocycles. The van der Waals surface area contributed by atoms with E-state index < -0.39 is 28.2 Å². The molecule has 0 spiro atoms. The van der Waals surface area contributed by atoms with Gasteiger partial charge in [0.2, 0.25) is 0 Å². The predicted molar refractivity (Wildman–Crippen MR) is 65.4 cm³/mol. The number of aromatic carboxylic acids is 1. The quantitative estimate of drug-likeness (QED) is 0.690. The van der Waals surface area contributed by atoms with Gasteiger partial charge in [0.15, 0.2) is 0 Å². The third kappa shape index (κ3) is 2.77. The van der Waals surface area contributed by atoms with E-state index in [1.165, 1.54) is 0 Å². The van der Waals surface area contributed by atoms with Gasteiger partial charge in [-0.05, 0) is 29.3 Å². The van der Waals surface area contributed by atoms with Crippen molar-refractivity contribution in [3.8, 4) is 11.1 Å². The number of rotatable bonds is 3. The minimum atomic E-state index is -1.37. The number of benzene rings is 2. The van der Waals surface area contributed by atoms with Crippen molar-refractivity contribution >= 4 is 11.7 Å². The lowest BCUT2D eigenvalue weighted by Crippen LogP contribution is -1.99. The van der Waals surface area contributed by atoms with Crippen LogP contribution in [0.3, 0.4) is 0 Å². The Hall–Kier alpha value is -2.83. The number of hydrogen-bond acceptors (Lipinski definition) is 3. The van der Waals surface area contributed by atoms with Gasteiger partial charge >= 0.3 is 5.97 Å².